The van der Waals surface area contributed by atoms with E-state index in [4.69, 9.17) is 75.9 Å². The van der Waals surface area contributed by atoms with E-state index in [9.17, 15) is 0 Å². The second-order valence-electron chi connectivity index (χ2n) is 33.1. The van der Waals surface area contributed by atoms with Crippen molar-refractivity contribution >= 4 is 136 Å². The minimum absolute atomic E-state index is 0.294. The van der Waals surface area contributed by atoms with E-state index in [2.05, 4.69) is 136 Å². The van der Waals surface area contributed by atoms with Gasteiger partial charge in [0.2, 0.25) is 0 Å². The van der Waals surface area contributed by atoms with Crippen LogP contribution < -0.4 is 66.3 Å². The molecule has 6 saturated heterocycles. The van der Waals surface area contributed by atoms with Gasteiger partial charge in [-0.2, -0.15) is 80.4 Å². The molecule has 15 aromatic heterocycles. The van der Waals surface area contributed by atoms with Gasteiger partial charge < -0.3 is 66.3 Å². The minimum atomic E-state index is 0.294. The molecule has 6 atom stereocenters. The van der Waals surface area contributed by atoms with Crippen LogP contribution in [0.1, 0.15) is 159 Å². The third-order valence-corrected chi connectivity index (χ3v) is 28.1. The van der Waals surface area contributed by atoms with Crippen LogP contribution >= 0.6 is 61.5 Å². The number of rotatable bonds is 12. The van der Waals surface area contributed by atoms with Crippen LogP contribution in [0.3, 0.4) is 0 Å². The molecule has 0 aliphatic carbocycles. The molecule has 660 valence electrons. The highest BCUT2D eigenvalue weighted by Crippen LogP contribution is 2.40. The summed E-state index contributed by atoms with van der Waals surface area (Å²) in [5.74, 6) is 6.14. The molecule has 0 amide bonds. The Labute approximate surface area is 766 Å². The smallest absolute Gasteiger partial charge is 0.166 e. The van der Waals surface area contributed by atoms with E-state index in [-0.39, 0.29) is 0 Å². The summed E-state index contributed by atoms with van der Waals surface area (Å²) in [6.07, 6.45) is 28.9. The van der Waals surface area contributed by atoms with Crippen LogP contribution in [-0.4, -0.2) is 166 Å². The summed E-state index contributed by atoms with van der Waals surface area (Å²) in [6, 6.07) is 36.5. The fraction of sp³-hybridized carbons (Fsp3) is 0.333. The summed E-state index contributed by atoms with van der Waals surface area (Å²) >= 11 is 15.1. The van der Waals surface area contributed by atoms with Crippen molar-refractivity contribution in [3.05, 3.63) is 229 Å². The second kappa shape index (κ2) is 40.3. The molecule has 0 spiro atoms. The highest BCUT2D eigenvalue weighted by atomic mass is 79.9. The van der Waals surface area contributed by atoms with Gasteiger partial charge in [-0.05, 0) is 207 Å². The van der Waals surface area contributed by atoms with Gasteiger partial charge in [-0.25, -0.2) is 29.9 Å². The van der Waals surface area contributed by atoms with Crippen molar-refractivity contribution in [3.8, 4) is 54.9 Å². The first-order valence-corrected chi connectivity index (χ1v) is 48.0. The lowest BCUT2D eigenvalue weighted by atomic mass is 9.95. The first-order valence-electron chi connectivity index (χ1n) is 44.1. The predicted molar refractivity (Wildman–Crippen MR) is 522 cm³/mol. The Morgan fingerprint density at radius 1 is 0.367 bits per heavy atom. The van der Waals surface area contributed by atoms with Gasteiger partial charge in [-0.15, -0.1) is 11.3 Å². The van der Waals surface area contributed by atoms with Crippen molar-refractivity contribution in [1.29, 1.82) is 0 Å². The summed E-state index contributed by atoms with van der Waals surface area (Å²) < 4.78 is 11.1. The standard InChI is InChI=1S/C17H18ClN5.C17H19N5.C15H16BrN5S.2C15H17N5S.C14H19N5/c18-14-15(12-7-4-8-20-9-12)22-17-13(10-21-23(17)16(14)19)11-5-2-1-3-6-11;18-16-9-15(13-7-4-8-19-10-13)21-17-14(11-20-22(16)17)12-5-2-1-3-6-12;16-12-13(9-2-1-4-18-6-9)20-15-11(10-3-5-22-8-10)7-19-21(15)14(12)17;16-14-7-12(10-3-1-5-17-8-10)19-15-11(9-18-20(14)15)13-4-2-6-21-13;16-14-6-13(10-2-1-4-17-7-10)19-15-12(8-18-20(14)15)11-3-5-21-9-11;1-2-4-11-9-17-19-13(15)7-12(18-14(11)19)10-5-3-6-16-8-10/h1-3,5-6,10,12,20H,4,7-9,19H2;1-3,5-6,9,11,13,19H,4,7-8,10,18H2;3,5,7-9,18H,1-2,4,6,17H2;2,4,6-7,9-10,17H,1,3,5,8,16H2;3,5-6,8-10,17H,1-2,4,7,16H2;2,4,7,9-10,16H,3,5-6,8,15H2,1H3/b;;;;;4-2+. The number of fused-ring (bicyclic) bond motifs is 6. The molecule has 128 heavy (non-hydrogen) atoms. The summed E-state index contributed by atoms with van der Waals surface area (Å²) in [4.78, 5) is 30.3. The van der Waals surface area contributed by atoms with Crippen molar-refractivity contribution in [2.24, 2.45) is 0 Å². The van der Waals surface area contributed by atoms with Crippen molar-refractivity contribution in [2.45, 2.75) is 119 Å². The molecule has 2 aromatic carbocycles. The van der Waals surface area contributed by atoms with E-state index in [1.807, 2.05) is 129 Å². The summed E-state index contributed by atoms with van der Waals surface area (Å²) in [7, 11) is 0. The molecule has 0 bridgehead atoms. The fourth-order valence-electron chi connectivity index (χ4n) is 17.8. The molecule has 30 nitrogen and oxygen atoms in total. The Morgan fingerprint density at radius 2 is 0.711 bits per heavy atom. The number of allylic oxidation sites excluding steroid dienone is 1. The molecule has 17 aromatic rings. The maximum atomic E-state index is 6.48. The highest BCUT2D eigenvalue weighted by molar-refractivity contribution is 9.10. The van der Waals surface area contributed by atoms with Crippen LogP contribution in [0.2, 0.25) is 5.02 Å². The van der Waals surface area contributed by atoms with Crippen molar-refractivity contribution in [3.63, 3.8) is 0 Å². The normalized spacial score (nSPS) is 19.1. The lowest BCUT2D eigenvalue weighted by Crippen LogP contribution is -2.29. The third-order valence-electron chi connectivity index (χ3n) is 24.6. The molecular weight excluding hydrogens is 1750 g/mol. The van der Waals surface area contributed by atoms with Crippen molar-refractivity contribution in [2.75, 3.05) is 113 Å². The number of nitrogen functional groups attached to an aromatic ring is 6. The van der Waals surface area contributed by atoms with Crippen LogP contribution in [0.5, 0.6) is 0 Å². The number of nitrogens with two attached hydrogens (primary N) is 6. The van der Waals surface area contributed by atoms with Gasteiger partial charge in [0.05, 0.1) is 81.4 Å². The number of aromatic nitrogens is 18. The number of hydrogen-bond acceptors (Lipinski definition) is 27. The van der Waals surface area contributed by atoms with Gasteiger partial charge >= 0.3 is 0 Å². The number of nitrogens with one attached hydrogen (secondary N) is 6. The van der Waals surface area contributed by atoms with E-state index >= 15 is 0 Å². The van der Waals surface area contributed by atoms with E-state index in [0.717, 1.165) is 245 Å². The van der Waals surface area contributed by atoms with Crippen LogP contribution in [-0.2, 0) is 0 Å². The van der Waals surface area contributed by atoms with Gasteiger partial charge in [0, 0.05) is 132 Å². The Bertz CT molecular complexity index is 6470. The molecule has 6 fully saturated rings. The Kier molecular flexibility index (Phi) is 27.4. The van der Waals surface area contributed by atoms with E-state index in [1.165, 1.54) is 43.4 Å². The van der Waals surface area contributed by atoms with Crippen molar-refractivity contribution in [1.82, 2.24) is 119 Å². The lowest BCUT2D eigenvalue weighted by molar-refractivity contribution is 0.453. The average molecular weight is 1860 g/mol. The van der Waals surface area contributed by atoms with Crippen LogP contribution in [0.4, 0.5) is 34.9 Å². The number of nitrogens with zero attached hydrogens (tertiary/aromatic N) is 18. The van der Waals surface area contributed by atoms with Gasteiger partial charge in [0.1, 0.15) is 39.9 Å². The Balaban J connectivity index is 0.000000104. The molecule has 21 heterocycles. The van der Waals surface area contributed by atoms with Gasteiger partial charge in [0.15, 0.2) is 33.9 Å². The van der Waals surface area contributed by atoms with Gasteiger partial charge in [0.25, 0.3) is 0 Å². The molecule has 18 N–H and O–H groups in total. The molecule has 23 rings (SSSR count). The first kappa shape index (κ1) is 87.0. The first-order chi connectivity index (χ1) is 62.8. The number of piperidine rings is 6. The summed E-state index contributed by atoms with van der Waals surface area (Å²) in [5.41, 5.74) is 59.0. The monoisotopic (exact) mass is 1850 g/mol. The van der Waals surface area contributed by atoms with E-state index < -0.39 is 0 Å². The van der Waals surface area contributed by atoms with E-state index in [1.54, 1.807) is 67.3 Å². The molecular formula is C93H106BrClN30S3. The topological polar surface area (TPSA) is 409 Å². The largest absolute Gasteiger partial charge is 0.384 e. The van der Waals surface area contributed by atoms with Gasteiger partial charge in [-0.1, -0.05) is 90.5 Å². The lowest BCUT2D eigenvalue weighted by Gasteiger charge is -2.23. The summed E-state index contributed by atoms with van der Waals surface area (Å²) in [5, 5.41) is 57.7. The molecule has 0 saturated carbocycles. The molecule has 6 unspecified atom stereocenters. The third kappa shape index (κ3) is 19.0. The Hall–Kier alpha value is -11.7. The fourth-order valence-corrected chi connectivity index (χ4v) is 20.7. The number of thiophene rings is 3. The molecule has 6 aliphatic rings. The van der Waals surface area contributed by atoms with Crippen LogP contribution in [0.15, 0.2) is 184 Å². The van der Waals surface area contributed by atoms with Crippen LogP contribution in [0, 0.1) is 0 Å². The van der Waals surface area contributed by atoms with E-state index in [0.29, 0.717) is 75.4 Å². The zero-order valence-corrected chi connectivity index (χ0v) is 76.1. The Morgan fingerprint density at radius 3 is 1.09 bits per heavy atom. The average Bonchev–Trinajstić information content (AvgIpc) is 1.62. The van der Waals surface area contributed by atoms with Crippen LogP contribution in [0.25, 0.3) is 94.9 Å². The predicted octanol–water partition coefficient (Wildman–Crippen LogP) is 15.6. The maximum absolute atomic E-state index is 6.48. The highest BCUT2D eigenvalue weighted by Gasteiger charge is 2.30. The van der Waals surface area contributed by atoms with Gasteiger partial charge in [-0.3, -0.25) is 0 Å². The number of anilines is 6. The minimum Gasteiger partial charge on any atom is -0.384 e. The quantitative estimate of drug-likeness (QED) is 0.0540. The SMILES string of the molecule is C/C=C/c1cnn2c(N)cc(C3CCCNC3)nc12.Nc1c(Br)c(C2CCCNC2)nc2c(-c3ccsc3)cnn12.Nc1c(Cl)c(C2CCCNC2)nc2c(-c3ccccc3)cnn12.Nc1cc(C2CCCNC2)nc2c(-c3ccccc3)cnn12.Nc1cc(C2CCCNC2)nc2c(-c3cccs3)cnn12.Nc1cc(C2CCCNC2)nc2c(-c3ccsc3)cnn12. The molecule has 35 heteroatoms. The number of hydrogen-bond donors (Lipinski definition) is 12. The zero-order valence-electron chi connectivity index (χ0n) is 71.3. The number of halogens is 2. The van der Waals surface area contributed by atoms with Crippen molar-refractivity contribution < 1.29 is 0 Å². The zero-order chi connectivity index (χ0) is 87.6. The second-order valence-corrected chi connectivity index (χ2v) is 36.8. The maximum Gasteiger partial charge on any atom is 0.166 e. The summed E-state index contributed by atoms with van der Waals surface area (Å²) in [6.45, 7) is 14.3. The number of benzene rings is 2. The molecule has 0 radical (unpaired) electrons. The molecule has 6 aliphatic heterocycles.